The second-order valence-corrected chi connectivity index (χ2v) is 4.82. The van der Waals surface area contributed by atoms with Gasteiger partial charge in [-0.1, -0.05) is 12.1 Å². The van der Waals surface area contributed by atoms with E-state index >= 15 is 0 Å². The Balaban J connectivity index is 2.21. The predicted octanol–water partition coefficient (Wildman–Crippen LogP) is 3.08. The maximum atomic E-state index is 12.2. The summed E-state index contributed by atoms with van der Waals surface area (Å²) in [5.74, 6) is -0.808. The number of hydrogen-bond acceptors (Lipinski definition) is 5. The Bertz CT molecular complexity index is 769. The minimum absolute atomic E-state index is 0.110. The van der Waals surface area contributed by atoms with Crippen molar-refractivity contribution in [3.63, 3.8) is 0 Å². The lowest BCUT2D eigenvalue weighted by Gasteiger charge is -2.07. The normalized spacial score (nSPS) is 10.0. The molecule has 7 heteroatoms. The minimum Gasteiger partial charge on any atom is -0.423 e. The first-order valence-electron chi connectivity index (χ1n) is 6.72. The van der Waals surface area contributed by atoms with Gasteiger partial charge in [-0.25, -0.2) is 4.79 Å². The Labute approximate surface area is 132 Å². The summed E-state index contributed by atoms with van der Waals surface area (Å²) in [6.07, 6.45) is 0. The van der Waals surface area contributed by atoms with E-state index in [1.807, 2.05) is 0 Å². The summed E-state index contributed by atoms with van der Waals surface area (Å²) in [6.45, 7) is 2.93. The van der Waals surface area contributed by atoms with Crippen molar-refractivity contribution in [1.82, 2.24) is 0 Å². The fraction of sp³-hybridized carbons (Fsp3) is 0.125. The van der Waals surface area contributed by atoms with Crippen molar-refractivity contribution in [2.75, 3.05) is 5.32 Å². The van der Waals surface area contributed by atoms with E-state index < -0.39 is 10.9 Å². The van der Waals surface area contributed by atoms with Gasteiger partial charge >= 0.3 is 5.97 Å². The number of nitro benzene ring substituents is 1. The highest BCUT2D eigenvalue weighted by atomic mass is 16.6. The number of anilines is 1. The topological polar surface area (TPSA) is 98.5 Å². The van der Waals surface area contributed by atoms with E-state index in [0.29, 0.717) is 11.3 Å². The van der Waals surface area contributed by atoms with Gasteiger partial charge in [0, 0.05) is 18.2 Å². The van der Waals surface area contributed by atoms with Crippen LogP contribution < -0.4 is 10.1 Å². The summed E-state index contributed by atoms with van der Waals surface area (Å²) in [4.78, 5) is 33.6. The predicted molar refractivity (Wildman–Crippen MR) is 83.5 cm³/mol. The van der Waals surface area contributed by atoms with Crippen LogP contribution in [0.4, 0.5) is 11.4 Å². The van der Waals surface area contributed by atoms with Crippen molar-refractivity contribution in [2.24, 2.45) is 0 Å². The lowest BCUT2D eigenvalue weighted by Crippen LogP contribution is -2.12. The monoisotopic (exact) mass is 314 g/mol. The molecule has 0 bridgehead atoms. The molecule has 0 aromatic heterocycles. The summed E-state index contributed by atoms with van der Waals surface area (Å²) >= 11 is 0. The summed E-state index contributed by atoms with van der Waals surface area (Å²) in [5, 5.41) is 13.7. The quantitative estimate of drug-likeness (QED) is 0.404. The van der Waals surface area contributed by atoms with E-state index in [-0.39, 0.29) is 22.9 Å². The molecule has 2 aromatic carbocycles. The molecule has 1 amide bonds. The molecule has 118 valence electrons. The molecule has 0 unspecified atom stereocenters. The van der Waals surface area contributed by atoms with E-state index in [2.05, 4.69) is 5.32 Å². The number of para-hydroxylation sites is 1. The first kappa shape index (κ1) is 16.2. The van der Waals surface area contributed by atoms with Gasteiger partial charge in [-0.15, -0.1) is 0 Å². The molecule has 7 nitrogen and oxygen atoms in total. The van der Waals surface area contributed by atoms with Crippen LogP contribution in [0.3, 0.4) is 0 Å². The van der Waals surface area contributed by atoms with Gasteiger partial charge in [0.25, 0.3) is 5.69 Å². The van der Waals surface area contributed by atoms with E-state index in [9.17, 15) is 19.7 Å². The van der Waals surface area contributed by atoms with Gasteiger partial charge in [0.05, 0.1) is 4.92 Å². The second kappa shape index (κ2) is 6.69. The molecule has 0 saturated carbocycles. The van der Waals surface area contributed by atoms with Gasteiger partial charge in [-0.2, -0.15) is 0 Å². The number of aryl methyl sites for hydroxylation is 1. The SMILES string of the molecule is CC(=O)Nc1ccc(OC(=O)c2cccc(C)c2[N+](=O)[O-])cc1. The molecule has 0 heterocycles. The number of nitrogens with zero attached hydrogens (tertiary/aromatic N) is 1. The molecule has 0 aliphatic carbocycles. The highest BCUT2D eigenvalue weighted by molar-refractivity contribution is 5.96. The molecule has 23 heavy (non-hydrogen) atoms. The third-order valence-corrected chi connectivity index (χ3v) is 3.03. The van der Waals surface area contributed by atoms with Crippen molar-refractivity contribution in [2.45, 2.75) is 13.8 Å². The molecule has 0 aliphatic rings. The molecular formula is C16H14N2O5. The first-order valence-corrected chi connectivity index (χ1v) is 6.72. The lowest BCUT2D eigenvalue weighted by molar-refractivity contribution is -0.385. The van der Waals surface area contributed by atoms with Crippen LogP contribution in [0.25, 0.3) is 0 Å². The van der Waals surface area contributed by atoms with E-state index in [1.54, 1.807) is 31.2 Å². The summed E-state index contributed by atoms with van der Waals surface area (Å²) in [7, 11) is 0. The molecule has 0 spiro atoms. The highest BCUT2D eigenvalue weighted by Gasteiger charge is 2.23. The average Bonchev–Trinajstić information content (AvgIpc) is 2.48. The van der Waals surface area contributed by atoms with Gasteiger partial charge in [-0.3, -0.25) is 14.9 Å². The Kier molecular flexibility index (Phi) is 4.70. The maximum Gasteiger partial charge on any atom is 0.350 e. The van der Waals surface area contributed by atoms with E-state index in [1.165, 1.54) is 25.1 Å². The summed E-state index contributed by atoms with van der Waals surface area (Å²) in [5.41, 5.74) is 0.553. The molecule has 0 atom stereocenters. The van der Waals surface area contributed by atoms with E-state index in [4.69, 9.17) is 4.74 Å². The Hall–Kier alpha value is -3.22. The first-order chi connectivity index (χ1) is 10.9. The van der Waals surface area contributed by atoms with Crippen LogP contribution in [0.15, 0.2) is 42.5 Å². The van der Waals surface area contributed by atoms with Crippen LogP contribution in [0.2, 0.25) is 0 Å². The molecule has 0 fully saturated rings. The van der Waals surface area contributed by atoms with Crippen LogP contribution in [0.1, 0.15) is 22.8 Å². The minimum atomic E-state index is -0.812. The fourth-order valence-corrected chi connectivity index (χ4v) is 2.04. The zero-order valence-corrected chi connectivity index (χ0v) is 12.5. The number of rotatable bonds is 4. The highest BCUT2D eigenvalue weighted by Crippen LogP contribution is 2.25. The maximum absolute atomic E-state index is 12.2. The Morgan fingerprint density at radius 2 is 1.78 bits per heavy atom. The van der Waals surface area contributed by atoms with Crippen LogP contribution in [0, 0.1) is 17.0 Å². The third-order valence-electron chi connectivity index (χ3n) is 3.03. The van der Waals surface area contributed by atoms with Crippen LogP contribution in [0.5, 0.6) is 5.75 Å². The zero-order valence-electron chi connectivity index (χ0n) is 12.5. The van der Waals surface area contributed by atoms with Crippen LogP contribution in [-0.2, 0) is 4.79 Å². The summed E-state index contributed by atoms with van der Waals surface area (Å²) < 4.78 is 5.15. The van der Waals surface area contributed by atoms with Crippen molar-refractivity contribution in [3.05, 3.63) is 63.7 Å². The Morgan fingerprint density at radius 1 is 1.13 bits per heavy atom. The van der Waals surface area contributed by atoms with Gasteiger partial charge in [0.15, 0.2) is 0 Å². The number of hydrogen-bond donors (Lipinski definition) is 1. The third kappa shape index (κ3) is 3.91. The fourth-order valence-electron chi connectivity index (χ4n) is 2.04. The number of nitrogens with one attached hydrogen (secondary N) is 1. The van der Waals surface area contributed by atoms with E-state index in [0.717, 1.165) is 0 Å². The molecule has 2 aromatic rings. The van der Waals surface area contributed by atoms with Crippen molar-refractivity contribution >= 4 is 23.3 Å². The number of ether oxygens (including phenoxy) is 1. The van der Waals surface area contributed by atoms with Gasteiger partial charge in [0.1, 0.15) is 11.3 Å². The van der Waals surface area contributed by atoms with Crippen molar-refractivity contribution in [3.8, 4) is 5.75 Å². The number of amides is 1. The number of carbonyl (C=O) groups is 2. The summed E-state index contributed by atoms with van der Waals surface area (Å²) in [6, 6.07) is 10.6. The van der Waals surface area contributed by atoms with Crippen molar-refractivity contribution in [1.29, 1.82) is 0 Å². The molecule has 0 radical (unpaired) electrons. The van der Waals surface area contributed by atoms with Gasteiger partial charge < -0.3 is 10.1 Å². The van der Waals surface area contributed by atoms with Crippen LogP contribution in [-0.4, -0.2) is 16.8 Å². The smallest absolute Gasteiger partial charge is 0.350 e. The van der Waals surface area contributed by atoms with Crippen LogP contribution >= 0.6 is 0 Å². The zero-order chi connectivity index (χ0) is 17.0. The molecule has 0 aliphatic heterocycles. The second-order valence-electron chi connectivity index (χ2n) is 4.82. The molecule has 0 saturated heterocycles. The number of carbonyl (C=O) groups excluding carboxylic acids is 2. The molecular weight excluding hydrogens is 300 g/mol. The Morgan fingerprint density at radius 3 is 2.35 bits per heavy atom. The lowest BCUT2D eigenvalue weighted by atomic mass is 10.1. The number of benzene rings is 2. The number of nitro groups is 1. The standard InChI is InChI=1S/C16H14N2O5/c1-10-4-3-5-14(15(10)18(21)22)16(20)23-13-8-6-12(7-9-13)17-11(2)19/h3-9H,1-2H3,(H,17,19). The molecule has 2 rings (SSSR count). The largest absolute Gasteiger partial charge is 0.423 e. The van der Waals surface area contributed by atoms with Crippen molar-refractivity contribution < 1.29 is 19.2 Å². The molecule has 1 N–H and O–H groups in total. The average molecular weight is 314 g/mol. The van der Waals surface area contributed by atoms with Gasteiger partial charge in [0.2, 0.25) is 5.91 Å². The van der Waals surface area contributed by atoms with Gasteiger partial charge in [-0.05, 0) is 37.3 Å². The number of esters is 1.